The largest absolute Gasteiger partial charge is 0.451 e. The van der Waals surface area contributed by atoms with Crippen molar-refractivity contribution in [2.75, 3.05) is 18.1 Å². The molecule has 1 N–H and O–H groups in total. The van der Waals surface area contributed by atoms with Crippen molar-refractivity contribution in [3.8, 4) is 0 Å². The van der Waals surface area contributed by atoms with Crippen LogP contribution < -0.4 is 4.90 Å². The highest BCUT2D eigenvalue weighted by Gasteiger charge is 2.67. The minimum atomic E-state index is -1.17. The molecule has 2 fully saturated rings. The maximum Gasteiger partial charge on any atom is 0.414 e. The smallest absolute Gasteiger partial charge is 0.414 e. The third-order valence-corrected chi connectivity index (χ3v) is 11.3. The summed E-state index contributed by atoms with van der Waals surface area (Å²) >= 11 is 0. The van der Waals surface area contributed by atoms with Crippen LogP contribution in [0.4, 0.5) is 10.5 Å². The molecular formula is C39H53NO7. The predicted octanol–water partition coefficient (Wildman–Crippen LogP) is 7.77. The molecule has 5 rings (SSSR count). The van der Waals surface area contributed by atoms with E-state index in [2.05, 4.69) is 19.1 Å². The SMILES string of the molecule is CC(=O)O[C@]1(C(C)=O)CC[C@H]2[C@@H]3CCC4=CC(=O)CCC4=C3[C@@H](c3ccc(N(CCCCCCO)C(=O)OC(C)(C)C)cc3)C[C@@]21C. The van der Waals surface area contributed by atoms with Gasteiger partial charge < -0.3 is 14.6 Å². The van der Waals surface area contributed by atoms with E-state index in [1.807, 2.05) is 39.0 Å². The first-order valence-corrected chi connectivity index (χ1v) is 17.6. The van der Waals surface area contributed by atoms with Crippen LogP contribution in [-0.2, 0) is 23.9 Å². The van der Waals surface area contributed by atoms with Crippen molar-refractivity contribution in [2.24, 2.45) is 17.3 Å². The minimum Gasteiger partial charge on any atom is -0.451 e. The zero-order chi connectivity index (χ0) is 34.1. The molecule has 0 bridgehead atoms. The third-order valence-electron chi connectivity index (χ3n) is 11.3. The fraction of sp³-hybridized carbons (Fsp3) is 0.641. The Balaban J connectivity index is 1.55. The van der Waals surface area contributed by atoms with E-state index in [0.717, 1.165) is 68.2 Å². The highest BCUT2D eigenvalue weighted by atomic mass is 16.6. The van der Waals surface area contributed by atoms with Crippen LogP contribution >= 0.6 is 0 Å². The van der Waals surface area contributed by atoms with Gasteiger partial charge in [0.25, 0.3) is 0 Å². The summed E-state index contributed by atoms with van der Waals surface area (Å²) in [5, 5.41) is 9.17. The van der Waals surface area contributed by atoms with Gasteiger partial charge in [0.1, 0.15) is 5.60 Å². The Morgan fingerprint density at radius 1 is 0.979 bits per heavy atom. The Labute approximate surface area is 279 Å². The first-order chi connectivity index (χ1) is 22.2. The van der Waals surface area contributed by atoms with Crippen molar-refractivity contribution < 1.29 is 33.8 Å². The summed E-state index contributed by atoms with van der Waals surface area (Å²) in [5.41, 5.74) is 3.35. The van der Waals surface area contributed by atoms with Crippen LogP contribution in [0.2, 0.25) is 0 Å². The van der Waals surface area contributed by atoms with E-state index in [4.69, 9.17) is 14.6 Å². The van der Waals surface area contributed by atoms with Gasteiger partial charge in [-0.05, 0) is 126 Å². The zero-order valence-corrected chi connectivity index (χ0v) is 29.2. The van der Waals surface area contributed by atoms with Crippen molar-refractivity contribution in [3.63, 3.8) is 0 Å². The van der Waals surface area contributed by atoms with Gasteiger partial charge >= 0.3 is 12.1 Å². The van der Waals surface area contributed by atoms with Crippen molar-refractivity contribution in [1.82, 2.24) is 0 Å². The van der Waals surface area contributed by atoms with Gasteiger partial charge in [-0.1, -0.05) is 37.5 Å². The average Bonchev–Trinajstić information content (AvgIpc) is 3.29. The Bertz CT molecular complexity index is 1450. The summed E-state index contributed by atoms with van der Waals surface area (Å²) in [7, 11) is 0. The number of benzene rings is 1. The third kappa shape index (κ3) is 6.85. The summed E-state index contributed by atoms with van der Waals surface area (Å²) in [6.07, 6.45) is 9.78. The molecule has 1 amide bonds. The molecule has 1 aromatic rings. The maximum absolute atomic E-state index is 13.5. The number of carbonyl (C=O) groups excluding carboxylic acids is 4. The Morgan fingerprint density at radius 2 is 1.68 bits per heavy atom. The summed E-state index contributed by atoms with van der Waals surface area (Å²) in [5.74, 6) is 0.0708. The van der Waals surface area contributed by atoms with E-state index in [0.29, 0.717) is 25.8 Å². The van der Waals surface area contributed by atoms with Gasteiger partial charge in [0.2, 0.25) is 0 Å². The molecule has 47 heavy (non-hydrogen) atoms. The first kappa shape index (κ1) is 35.1. The van der Waals surface area contributed by atoms with Crippen LogP contribution in [-0.4, -0.2) is 53.1 Å². The van der Waals surface area contributed by atoms with Crippen LogP contribution in [0, 0.1) is 17.3 Å². The van der Waals surface area contributed by atoms with E-state index in [-0.39, 0.29) is 35.9 Å². The molecule has 8 heteroatoms. The van der Waals surface area contributed by atoms with Gasteiger partial charge in [0.05, 0.1) is 0 Å². The molecule has 0 aromatic heterocycles. The second kappa shape index (κ2) is 13.7. The van der Waals surface area contributed by atoms with Gasteiger partial charge in [-0.3, -0.25) is 19.3 Å². The van der Waals surface area contributed by atoms with Gasteiger partial charge in [-0.15, -0.1) is 0 Å². The monoisotopic (exact) mass is 647 g/mol. The van der Waals surface area contributed by atoms with Crippen molar-refractivity contribution in [3.05, 3.63) is 52.6 Å². The van der Waals surface area contributed by atoms with Gasteiger partial charge in [0, 0.05) is 43.5 Å². The molecule has 0 heterocycles. The number of allylic oxidation sites excluding steroid dienone is 4. The number of Topliss-reactive ketones (excluding diaryl/α,β-unsaturated/α-hetero) is 1. The van der Waals surface area contributed by atoms with E-state index in [1.165, 1.54) is 18.1 Å². The minimum absolute atomic E-state index is 0.0250. The highest BCUT2D eigenvalue weighted by Crippen LogP contribution is 2.67. The number of aliphatic hydroxyl groups excluding tert-OH is 1. The van der Waals surface area contributed by atoms with Crippen LogP contribution in [0.3, 0.4) is 0 Å². The van der Waals surface area contributed by atoms with E-state index in [1.54, 1.807) is 11.8 Å². The highest BCUT2D eigenvalue weighted by molar-refractivity contribution is 5.93. The second-order valence-corrected chi connectivity index (χ2v) is 15.4. The van der Waals surface area contributed by atoms with E-state index in [9.17, 15) is 19.2 Å². The molecule has 0 unspecified atom stereocenters. The number of hydrogen-bond acceptors (Lipinski definition) is 7. The lowest BCUT2D eigenvalue weighted by Crippen LogP contribution is -2.57. The second-order valence-electron chi connectivity index (χ2n) is 15.4. The molecule has 1 aromatic carbocycles. The number of ketones is 2. The number of hydrogen-bond donors (Lipinski definition) is 1. The van der Waals surface area contributed by atoms with Gasteiger partial charge in [-0.2, -0.15) is 0 Å². The summed E-state index contributed by atoms with van der Waals surface area (Å²) < 4.78 is 11.9. The Hall–Kier alpha value is -3.26. The van der Waals surface area contributed by atoms with Crippen molar-refractivity contribution >= 4 is 29.3 Å². The van der Waals surface area contributed by atoms with Crippen LogP contribution in [0.25, 0.3) is 0 Å². The molecule has 0 spiro atoms. The van der Waals surface area contributed by atoms with Crippen molar-refractivity contribution in [2.45, 2.75) is 129 Å². The lowest BCUT2D eigenvalue weighted by molar-refractivity contribution is -0.182. The van der Waals surface area contributed by atoms with E-state index < -0.39 is 28.7 Å². The van der Waals surface area contributed by atoms with Crippen LogP contribution in [0.5, 0.6) is 0 Å². The molecular weight excluding hydrogens is 594 g/mol. The molecule has 8 nitrogen and oxygen atoms in total. The van der Waals surface area contributed by atoms with E-state index >= 15 is 0 Å². The summed E-state index contributed by atoms with van der Waals surface area (Å²) in [6, 6.07) is 8.17. The molecule has 0 aliphatic heterocycles. The number of rotatable bonds is 10. The average molecular weight is 648 g/mol. The first-order valence-electron chi connectivity index (χ1n) is 17.6. The van der Waals surface area contributed by atoms with Gasteiger partial charge in [-0.25, -0.2) is 4.79 Å². The number of amides is 1. The molecule has 256 valence electrons. The number of aliphatic hydroxyl groups is 1. The normalized spacial score (nSPS) is 28.5. The quantitative estimate of drug-likeness (QED) is 0.204. The summed E-state index contributed by atoms with van der Waals surface area (Å²) in [6.45, 7) is 11.4. The summed E-state index contributed by atoms with van der Waals surface area (Å²) in [4.78, 5) is 53.5. The topological polar surface area (TPSA) is 110 Å². The van der Waals surface area contributed by atoms with Crippen molar-refractivity contribution in [1.29, 1.82) is 0 Å². The number of anilines is 1. The maximum atomic E-state index is 13.5. The molecule has 4 aliphatic rings. The lowest BCUT2D eigenvalue weighted by Gasteiger charge is -2.55. The standard InChI is InChI=1S/C39H53NO7/c1-25(42)39(46-26(2)43)20-19-34-32-17-13-28-23-30(44)16-18-31(28)35(32)33(24-38(34,39)6)27-11-14-29(15-12-27)40(21-9-7-8-10-22-41)36(45)47-37(3,4)5/h11-12,14-15,23,32-34,41H,7-10,13,16-22,24H2,1-6H3/t32-,33+,34-,38-,39-/m0/s1. The molecule has 4 aliphatic carbocycles. The number of unbranched alkanes of at least 4 members (excludes halogenated alkanes) is 3. The molecule has 0 saturated heterocycles. The number of nitrogens with zero attached hydrogens (tertiary/aromatic N) is 1. The number of ether oxygens (including phenoxy) is 2. The lowest BCUT2D eigenvalue weighted by atomic mass is 9.50. The van der Waals surface area contributed by atoms with Gasteiger partial charge in [0.15, 0.2) is 17.2 Å². The molecule has 2 saturated carbocycles. The van der Waals surface area contributed by atoms with Crippen LogP contribution in [0.1, 0.15) is 124 Å². The number of fused-ring (bicyclic) bond motifs is 4. The molecule has 0 radical (unpaired) electrons. The number of carbonyl (C=O) groups is 4. The fourth-order valence-electron chi connectivity index (χ4n) is 9.28. The number of esters is 1. The predicted molar refractivity (Wildman–Crippen MR) is 181 cm³/mol. The van der Waals surface area contributed by atoms with Crippen LogP contribution in [0.15, 0.2) is 47.1 Å². The molecule has 5 atom stereocenters. The fourth-order valence-corrected chi connectivity index (χ4v) is 9.28. The Morgan fingerprint density at radius 3 is 2.32 bits per heavy atom. The zero-order valence-electron chi connectivity index (χ0n) is 29.2. The Kier molecular flexibility index (Phi) is 10.2.